The second-order valence-electron chi connectivity index (χ2n) is 4.71. The third kappa shape index (κ3) is 3.24. The minimum absolute atomic E-state index is 0.617. The molecule has 3 nitrogen and oxygen atoms in total. The van der Waals surface area contributed by atoms with Crippen LogP contribution in [0.15, 0.2) is 42.5 Å². The molecule has 0 saturated heterocycles. The summed E-state index contributed by atoms with van der Waals surface area (Å²) >= 11 is 5.96. The molecule has 3 rings (SSSR count). The van der Waals surface area contributed by atoms with Gasteiger partial charge in [0.05, 0.1) is 0 Å². The summed E-state index contributed by atoms with van der Waals surface area (Å²) < 4.78 is 11.1. The predicted octanol–water partition coefficient (Wildman–Crippen LogP) is 3.40. The molecule has 2 aromatic rings. The summed E-state index contributed by atoms with van der Waals surface area (Å²) in [6, 6.07) is 13.9. The number of rotatable bonds is 4. The molecule has 1 aliphatic rings. The third-order valence-corrected chi connectivity index (χ3v) is 3.39. The van der Waals surface area contributed by atoms with E-state index < -0.39 is 0 Å². The average Bonchev–Trinajstić information content (AvgIpc) is 2.47. The number of hydrogen-bond donors (Lipinski definition) is 1. The molecule has 1 N–H and O–H groups in total. The Morgan fingerprint density at radius 1 is 0.900 bits per heavy atom. The number of benzene rings is 2. The van der Waals surface area contributed by atoms with E-state index in [1.54, 1.807) is 0 Å². The number of hydrogen-bond acceptors (Lipinski definition) is 3. The molecule has 0 aliphatic carbocycles. The normalized spacial score (nSPS) is 13.2. The van der Waals surface area contributed by atoms with E-state index in [0.29, 0.717) is 13.2 Å². The third-order valence-electron chi connectivity index (χ3n) is 3.15. The van der Waals surface area contributed by atoms with Crippen molar-refractivity contribution >= 4 is 11.6 Å². The van der Waals surface area contributed by atoms with E-state index in [1.165, 1.54) is 11.1 Å². The molecule has 1 aliphatic heterocycles. The summed E-state index contributed by atoms with van der Waals surface area (Å²) in [5.41, 5.74) is 2.35. The first-order chi connectivity index (χ1) is 9.81. The molecule has 20 heavy (non-hydrogen) atoms. The van der Waals surface area contributed by atoms with Gasteiger partial charge in [0.1, 0.15) is 13.2 Å². The van der Waals surface area contributed by atoms with Gasteiger partial charge in [-0.25, -0.2) is 0 Å². The Kier molecular flexibility index (Phi) is 4.09. The molecule has 1 heterocycles. The van der Waals surface area contributed by atoms with E-state index in [0.717, 1.165) is 29.6 Å². The first kappa shape index (κ1) is 13.3. The quantitative estimate of drug-likeness (QED) is 0.936. The zero-order valence-corrected chi connectivity index (χ0v) is 11.8. The minimum atomic E-state index is 0.617. The topological polar surface area (TPSA) is 30.5 Å². The lowest BCUT2D eigenvalue weighted by atomic mass is 10.2. The van der Waals surface area contributed by atoms with Crippen LogP contribution in [0.1, 0.15) is 11.1 Å². The molecule has 0 bridgehead atoms. The van der Waals surface area contributed by atoms with Gasteiger partial charge in [0.15, 0.2) is 11.5 Å². The van der Waals surface area contributed by atoms with Crippen molar-refractivity contribution in [1.29, 1.82) is 0 Å². The van der Waals surface area contributed by atoms with E-state index in [2.05, 4.69) is 17.4 Å². The molecule has 0 amide bonds. The Bertz CT molecular complexity index is 601. The predicted molar refractivity (Wildman–Crippen MR) is 79.4 cm³/mol. The van der Waals surface area contributed by atoms with Crippen molar-refractivity contribution in [3.05, 3.63) is 58.6 Å². The van der Waals surface area contributed by atoms with E-state index in [-0.39, 0.29) is 0 Å². The van der Waals surface area contributed by atoms with Crippen LogP contribution in [-0.4, -0.2) is 13.2 Å². The number of ether oxygens (including phenoxy) is 2. The highest BCUT2D eigenvalue weighted by Gasteiger charge is 2.11. The van der Waals surface area contributed by atoms with Crippen LogP contribution in [0.25, 0.3) is 0 Å². The molecule has 0 atom stereocenters. The highest BCUT2D eigenvalue weighted by atomic mass is 35.5. The average molecular weight is 290 g/mol. The Morgan fingerprint density at radius 2 is 1.65 bits per heavy atom. The van der Waals surface area contributed by atoms with Gasteiger partial charge in [-0.3, -0.25) is 0 Å². The number of nitrogens with one attached hydrogen (secondary N) is 1. The SMILES string of the molecule is Clc1cccc(CNCc2ccc3c(c2)OCCO3)c1. The summed E-state index contributed by atoms with van der Waals surface area (Å²) in [4.78, 5) is 0. The van der Waals surface area contributed by atoms with Crippen molar-refractivity contribution in [2.75, 3.05) is 13.2 Å². The fraction of sp³-hybridized carbons (Fsp3) is 0.250. The molecular weight excluding hydrogens is 274 g/mol. The van der Waals surface area contributed by atoms with Crippen LogP contribution >= 0.6 is 11.6 Å². The first-order valence-corrected chi connectivity index (χ1v) is 7.03. The zero-order chi connectivity index (χ0) is 13.8. The van der Waals surface area contributed by atoms with Gasteiger partial charge >= 0.3 is 0 Å². The van der Waals surface area contributed by atoms with Crippen molar-refractivity contribution in [1.82, 2.24) is 5.32 Å². The Labute approximate surface area is 123 Å². The van der Waals surface area contributed by atoms with Gasteiger partial charge in [-0.05, 0) is 35.4 Å². The molecule has 0 fully saturated rings. The lowest BCUT2D eigenvalue weighted by Crippen LogP contribution is -2.16. The fourth-order valence-electron chi connectivity index (χ4n) is 2.20. The van der Waals surface area contributed by atoms with E-state index in [9.17, 15) is 0 Å². The maximum absolute atomic E-state index is 5.96. The summed E-state index contributed by atoms with van der Waals surface area (Å²) in [6.07, 6.45) is 0. The molecule has 104 valence electrons. The van der Waals surface area contributed by atoms with Crippen molar-refractivity contribution in [3.63, 3.8) is 0 Å². The first-order valence-electron chi connectivity index (χ1n) is 6.65. The number of fused-ring (bicyclic) bond motifs is 1. The smallest absolute Gasteiger partial charge is 0.161 e. The van der Waals surface area contributed by atoms with Crippen molar-refractivity contribution in [2.24, 2.45) is 0 Å². The second-order valence-corrected chi connectivity index (χ2v) is 5.15. The zero-order valence-electron chi connectivity index (χ0n) is 11.1. The lowest BCUT2D eigenvalue weighted by molar-refractivity contribution is 0.171. The summed E-state index contributed by atoms with van der Waals surface area (Å²) in [5.74, 6) is 1.66. The van der Waals surface area contributed by atoms with Gasteiger partial charge in [-0.2, -0.15) is 0 Å². The second kappa shape index (κ2) is 6.16. The molecule has 2 aromatic carbocycles. The molecule has 0 unspecified atom stereocenters. The minimum Gasteiger partial charge on any atom is -0.486 e. The van der Waals surface area contributed by atoms with Crippen molar-refractivity contribution in [2.45, 2.75) is 13.1 Å². The Balaban J connectivity index is 1.58. The lowest BCUT2D eigenvalue weighted by Gasteiger charge is -2.19. The molecule has 0 radical (unpaired) electrons. The van der Waals surface area contributed by atoms with Crippen molar-refractivity contribution < 1.29 is 9.47 Å². The van der Waals surface area contributed by atoms with Gasteiger partial charge in [0, 0.05) is 18.1 Å². The Hall–Kier alpha value is -1.71. The monoisotopic (exact) mass is 289 g/mol. The van der Waals surface area contributed by atoms with E-state index in [1.807, 2.05) is 30.3 Å². The van der Waals surface area contributed by atoms with Crippen LogP contribution in [0.3, 0.4) is 0 Å². The van der Waals surface area contributed by atoms with Crippen LogP contribution in [0.4, 0.5) is 0 Å². The largest absolute Gasteiger partial charge is 0.486 e. The van der Waals surface area contributed by atoms with Crippen LogP contribution in [0, 0.1) is 0 Å². The maximum Gasteiger partial charge on any atom is 0.161 e. The van der Waals surface area contributed by atoms with Gasteiger partial charge in [-0.1, -0.05) is 29.8 Å². The standard InChI is InChI=1S/C16H16ClNO2/c17-14-3-1-2-12(8-14)10-18-11-13-4-5-15-16(9-13)20-7-6-19-15/h1-5,8-9,18H,6-7,10-11H2. The highest BCUT2D eigenvalue weighted by molar-refractivity contribution is 6.30. The summed E-state index contributed by atoms with van der Waals surface area (Å²) in [5, 5.41) is 4.16. The van der Waals surface area contributed by atoms with Crippen molar-refractivity contribution in [3.8, 4) is 11.5 Å². The van der Waals surface area contributed by atoms with Gasteiger partial charge in [0.2, 0.25) is 0 Å². The van der Waals surface area contributed by atoms with Crippen LogP contribution in [-0.2, 0) is 13.1 Å². The fourth-order valence-corrected chi connectivity index (χ4v) is 2.41. The summed E-state index contributed by atoms with van der Waals surface area (Å²) in [6.45, 7) is 2.81. The molecule has 4 heteroatoms. The van der Waals surface area contributed by atoms with Gasteiger partial charge in [-0.15, -0.1) is 0 Å². The molecule has 0 aromatic heterocycles. The molecule has 0 saturated carbocycles. The van der Waals surface area contributed by atoms with E-state index in [4.69, 9.17) is 21.1 Å². The van der Waals surface area contributed by atoms with Crippen LogP contribution < -0.4 is 14.8 Å². The van der Waals surface area contributed by atoms with Gasteiger partial charge in [0.25, 0.3) is 0 Å². The highest BCUT2D eigenvalue weighted by Crippen LogP contribution is 2.30. The maximum atomic E-state index is 5.96. The summed E-state index contributed by atoms with van der Waals surface area (Å²) in [7, 11) is 0. The van der Waals surface area contributed by atoms with Crippen LogP contribution in [0.5, 0.6) is 11.5 Å². The van der Waals surface area contributed by atoms with E-state index >= 15 is 0 Å². The number of halogens is 1. The van der Waals surface area contributed by atoms with Gasteiger partial charge < -0.3 is 14.8 Å². The van der Waals surface area contributed by atoms with Crippen LogP contribution in [0.2, 0.25) is 5.02 Å². The Morgan fingerprint density at radius 3 is 2.45 bits per heavy atom. The molecule has 0 spiro atoms. The molecular formula is C16H16ClNO2.